The van der Waals surface area contributed by atoms with E-state index >= 15 is 0 Å². The van der Waals surface area contributed by atoms with Crippen molar-refractivity contribution < 1.29 is 14.6 Å². The van der Waals surface area contributed by atoms with Crippen LogP contribution in [0.4, 0.5) is 0 Å². The maximum atomic E-state index is 10.4. The number of ether oxygens (including phenoxy) is 2. The Hall–Kier alpha value is -1.52. The van der Waals surface area contributed by atoms with Crippen LogP contribution < -0.4 is 9.47 Å². The number of rotatable bonds is 3. The number of benzene rings is 1. The Kier molecular flexibility index (Phi) is 3.44. The molecule has 0 saturated heterocycles. The molecule has 1 N–H and O–H groups in total. The van der Waals surface area contributed by atoms with Gasteiger partial charge < -0.3 is 14.6 Å². The zero-order valence-corrected chi connectivity index (χ0v) is 11.6. The molecule has 0 aliphatic carbocycles. The Labute approximate surface area is 116 Å². The molecule has 2 heterocycles. The van der Waals surface area contributed by atoms with Crippen molar-refractivity contribution >= 4 is 11.3 Å². The fourth-order valence-corrected chi connectivity index (χ4v) is 3.09. The third-order valence-corrected chi connectivity index (χ3v) is 4.46. The highest BCUT2D eigenvalue weighted by molar-refractivity contribution is 7.12. The van der Waals surface area contributed by atoms with Crippen molar-refractivity contribution in [2.24, 2.45) is 0 Å². The third kappa shape index (κ3) is 2.46. The second kappa shape index (κ2) is 5.23. The molecular formula is C15H16O3S. The molecular weight excluding hydrogens is 260 g/mol. The van der Waals surface area contributed by atoms with E-state index in [1.54, 1.807) is 11.3 Å². The number of hydrogen-bond acceptors (Lipinski definition) is 4. The van der Waals surface area contributed by atoms with Gasteiger partial charge in [0.2, 0.25) is 0 Å². The summed E-state index contributed by atoms with van der Waals surface area (Å²) in [5.41, 5.74) is 0.841. The lowest BCUT2D eigenvalue weighted by atomic mass is 10.1. The van der Waals surface area contributed by atoms with Crippen LogP contribution in [0.2, 0.25) is 0 Å². The van der Waals surface area contributed by atoms with Crippen molar-refractivity contribution in [3.63, 3.8) is 0 Å². The molecule has 0 saturated carbocycles. The van der Waals surface area contributed by atoms with Gasteiger partial charge in [0.25, 0.3) is 0 Å². The molecule has 0 amide bonds. The normalized spacial score (nSPS) is 15.3. The molecule has 1 aromatic heterocycles. The summed E-state index contributed by atoms with van der Waals surface area (Å²) in [6.07, 6.45) is 0.402. The highest BCUT2D eigenvalue weighted by Crippen LogP contribution is 2.35. The Morgan fingerprint density at radius 3 is 2.68 bits per heavy atom. The molecule has 0 radical (unpaired) electrons. The molecule has 3 nitrogen and oxygen atoms in total. The minimum absolute atomic E-state index is 0.561. The van der Waals surface area contributed by atoms with E-state index in [4.69, 9.17) is 9.47 Å². The number of thiophene rings is 1. The monoisotopic (exact) mass is 276 g/mol. The van der Waals surface area contributed by atoms with E-state index in [-0.39, 0.29) is 0 Å². The predicted octanol–water partition coefficient (Wildman–Crippen LogP) is 3.16. The molecule has 1 aromatic carbocycles. The molecule has 19 heavy (non-hydrogen) atoms. The summed E-state index contributed by atoms with van der Waals surface area (Å²) in [6, 6.07) is 9.68. The molecule has 1 aliphatic heterocycles. The Morgan fingerprint density at radius 1 is 1.16 bits per heavy atom. The second-order valence-electron chi connectivity index (χ2n) is 4.46. The quantitative estimate of drug-likeness (QED) is 0.936. The molecule has 1 aliphatic rings. The van der Waals surface area contributed by atoms with Crippen molar-refractivity contribution in [3.8, 4) is 11.5 Å². The average molecular weight is 276 g/mol. The molecule has 100 valence electrons. The molecule has 2 aromatic rings. The number of aryl methyl sites for hydroxylation is 1. The van der Waals surface area contributed by atoms with Crippen LogP contribution in [-0.2, 0) is 6.42 Å². The molecule has 0 fully saturated rings. The van der Waals surface area contributed by atoms with Gasteiger partial charge >= 0.3 is 0 Å². The van der Waals surface area contributed by atoms with Gasteiger partial charge in [-0.15, -0.1) is 11.3 Å². The van der Waals surface area contributed by atoms with Crippen LogP contribution in [0.1, 0.15) is 28.3 Å². The van der Waals surface area contributed by atoms with Gasteiger partial charge in [0.1, 0.15) is 19.3 Å². The van der Waals surface area contributed by atoms with Gasteiger partial charge in [-0.2, -0.15) is 0 Å². The Bertz CT molecular complexity index is 577. The van der Waals surface area contributed by atoms with Gasteiger partial charge in [-0.25, -0.2) is 0 Å². The van der Waals surface area contributed by atoms with Crippen molar-refractivity contribution in [2.45, 2.75) is 19.4 Å². The van der Waals surface area contributed by atoms with Crippen molar-refractivity contribution in [1.29, 1.82) is 0 Å². The average Bonchev–Trinajstić information content (AvgIpc) is 2.95. The summed E-state index contributed by atoms with van der Waals surface area (Å²) in [7, 11) is 0. The first-order valence-electron chi connectivity index (χ1n) is 6.44. The fraction of sp³-hybridized carbons (Fsp3) is 0.333. The Balaban J connectivity index is 1.88. The molecule has 0 bridgehead atoms. The molecule has 4 heteroatoms. The lowest BCUT2D eigenvalue weighted by molar-refractivity contribution is 0.170. The molecule has 1 unspecified atom stereocenters. The zero-order chi connectivity index (χ0) is 13.2. The third-order valence-electron chi connectivity index (χ3n) is 3.18. The van der Waals surface area contributed by atoms with Gasteiger partial charge in [0.15, 0.2) is 11.5 Å². The number of aliphatic hydroxyl groups excluding tert-OH is 1. The van der Waals surface area contributed by atoms with E-state index in [2.05, 4.69) is 13.0 Å². The lowest BCUT2D eigenvalue weighted by Crippen LogP contribution is -2.15. The highest BCUT2D eigenvalue weighted by Gasteiger charge is 2.17. The maximum absolute atomic E-state index is 10.4. The highest BCUT2D eigenvalue weighted by atomic mass is 32.1. The molecule has 0 spiro atoms. The van der Waals surface area contributed by atoms with E-state index < -0.39 is 6.10 Å². The van der Waals surface area contributed by atoms with Gasteiger partial charge in [0, 0.05) is 9.75 Å². The predicted molar refractivity (Wildman–Crippen MR) is 75.2 cm³/mol. The van der Waals surface area contributed by atoms with Gasteiger partial charge in [-0.1, -0.05) is 13.0 Å². The van der Waals surface area contributed by atoms with E-state index in [0.717, 1.165) is 28.4 Å². The van der Waals surface area contributed by atoms with Crippen LogP contribution in [0.3, 0.4) is 0 Å². The maximum Gasteiger partial charge on any atom is 0.161 e. The first kappa shape index (κ1) is 12.5. The van der Waals surface area contributed by atoms with Crippen LogP contribution in [0.25, 0.3) is 0 Å². The summed E-state index contributed by atoms with van der Waals surface area (Å²) in [5.74, 6) is 1.47. The van der Waals surface area contributed by atoms with Crippen LogP contribution in [-0.4, -0.2) is 18.3 Å². The van der Waals surface area contributed by atoms with Gasteiger partial charge in [-0.3, -0.25) is 0 Å². The summed E-state index contributed by atoms with van der Waals surface area (Å²) in [5, 5.41) is 10.4. The smallest absolute Gasteiger partial charge is 0.161 e. The van der Waals surface area contributed by atoms with Crippen molar-refractivity contribution in [3.05, 3.63) is 45.6 Å². The number of fused-ring (bicyclic) bond motifs is 1. The van der Waals surface area contributed by atoms with E-state index in [9.17, 15) is 5.11 Å². The van der Waals surface area contributed by atoms with E-state index in [0.29, 0.717) is 13.2 Å². The van der Waals surface area contributed by atoms with Crippen LogP contribution in [0.5, 0.6) is 11.5 Å². The van der Waals surface area contributed by atoms with E-state index in [1.165, 1.54) is 4.88 Å². The SMILES string of the molecule is CCc1ccc(C(O)c2ccc3c(c2)OCCO3)s1. The van der Waals surface area contributed by atoms with E-state index in [1.807, 2.05) is 24.3 Å². The van der Waals surface area contributed by atoms with Crippen molar-refractivity contribution in [2.75, 3.05) is 13.2 Å². The Morgan fingerprint density at radius 2 is 1.95 bits per heavy atom. The minimum Gasteiger partial charge on any atom is -0.486 e. The minimum atomic E-state index is -0.596. The number of hydrogen-bond donors (Lipinski definition) is 1. The summed E-state index contributed by atoms with van der Waals surface area (Å²) in [4.78, 5) is 2.25. The fourth-order valence-electron chi connectivity index (χ4n) is 2.13. The van der Waals surface area contributed by atoms with Gasteiger partial charge in [-0.05, 0) is 36.2 Å². The topological polar surface area (TPSA) is 38.7 Å². The van der Waals surface area contributed by atoms with Crippen LogP contribution >= 0.6 is 11.3 Å². The lowest BCUT2D eigenvalue weighted by Gasteiger charge is -2.20. The van der Waals surface area contributed by atoms with Crippen molar-refractivity contribution in [1.82, 2.24) is 0 Å². The van der Waals surface area contributed by atoms with Crippen LogP contribution in [0, 0.1) is 0 Å². The number of aliphatic hydroxyl groups is 1. The first-order valence-corrected chi connectivity index (χ1v) is 7.26. The van der Waals surface area contributed by atoms with Gasteiger partial charge in [0.05, 0.1) is 0 Å². The standard InChI is InChI=1S/C15H16O3S/c1-2-11-4-6-14(19-11)15(16)10-3-5-12-13(9-10)18-8-7-17-12/h3-6,9,15-16H,2,7-8H2,1H3. The molecule has 3 rings (SSSR count). The summed E-state index contributed by atoms with van der Waals surface area (Å²) < 4.78 is 11.0. The summed E-state index contributed by atoms with van der Waals surface area (Å²) >= 11 is 1.65. The zero-order valence-electron chi connectivity index (χ0n) is 10.8. The largest absolute Gasteiger partial charge is 0.486 e. The first-order chi connectivity index (χ1) is 9.28. The summed E-state index contributed by atoms with van der Waals surface area (Å²) in [6.45, 7) is 3.26. The second-order valence-corrected chi connectivity index (χ2v) is 5.66. The molecule has 1 atom stereocenters. The van der Waals surface area contributed by atoms with Crippen LogP contribution in [0.15, 0.2) is 30.3 Å².